The average molecular weight is 316 g/mol. The fourth-order valence-corrected chi connectivity index (χ4v) is 1.73. The van der Waals surface area contributed by atoms with Crippen LogP contribution in [0.2, 0.25) is 0 Å². The van der Waals surface area contributed by atoms with Crippen molar-refractivity contribution in [3.63, 3.8) is 0 Å². The van der Waals surface area contributed by atoms with Gasteiger partial charge in [-0.05, 0) is 33.1 Å². The van der Waals surface area contributed by atoms with Crippen molar-refractivity contribution in [3.05, 3.63) is 0 Å². The highest BCUT2D eigenvalue weighted by atomic mass is 16.6. The second-order valence-corrected chi connectivity index (χ2v) is 6.83. The summed E-state index contributed by atoms with van der Waals surface area (Å²) in [4.78, 5) is 23.9. The van der Waals surface area contributed by atoms with Gasteiger partial charge < -0.3 is 4.74 Å². The number of hydrogen-bond donors (Lipinski definition) is 2. The Bertz CT molecular complexity index is 353. The van der Waals surface area contributed by atoms with E-state index in [1.54, 1.807) is 25.8 Å². The van der Waals surface area contributed by atoms with Crippen molar-refractivity contribution in [1.29, 1.82) is 0 Å². The van der Waals surface area contributed by atoms with Gasteiger partial charge >= 0.3 is 6.09 Å². The first kappa shape index (κ1) is 20.7. The van der Waals surface area contributed by atoms with Crippen LogP contribution in [-0.4, -0.2) is 47.3 Å². The van der Waals surface area contributed by atoms with E-state index >= 15 is 0 Å². The molecule has 22 heavy (non-hydrogen) atoms. The van der Waals surface area contributed by atoms with Gasteiger partial charge in [-0.2, -0.15) is 0 Å². The summed E-state index contributed by atoms with van der Waals surface area (Å²) >= 11 is 0. The molecule has 0 radical (unpaired) electrons. The zero-order valence-electron chi connectivity index (χ0n) is 14.8. The first-order valence-electron chi connectivity index (χ1n) is 7.84. The van der Waals surface area contributed by atoms with Crippen LogP contribution in [0.3, 0.4) is 0 Å². The van der Waals surface area contributed by atoms with Crippen LogP contribution in [0.4, 0.5) is 4.79 Å². The molecule has 0 heterocycles. The minimum atomic E-state index is -0.585. The molecule has 3 N–H and O–H groups in total. The number of unbranched alkanes of at least 4 members (excludes halogenated alkanes) is 1. The number of ether oxygens (including phenoxy) is 1. The van der Waals surface area contributed by atoms with Crippen molar-refractivity contribution in [2.45, 2.75) is 60.0 Å². The summed E-state index contributed by atoms with van der Waals surface area (Å²) in [7, 11) is 0. The number of nitrogens with one attached hydrogen (secondary N) is 1. The smallest absolute Gasteiger partial charge is 0.422 e. The Morgan fingerprint density at radius 2 is 1.86 bits per heavy atom. The van der Waals surface area contributed by atoms with Crippen molar-refractivity contribution >= 4 is 12.0 Å². The number of nitrogens with zero attached hydrogens (tertiary/aromatic N) is 2. The predicted molar refractivity (Wildman–Crippen MR) is 86.6 cm³/mol. The third-order valence-corrected chi connectivity index (χ3v) is 2.63. The molecular formula is C15H32N4O3. The van der Waals surface area contributed by atoms with Gasteiger partial charge in [0.1, 0.15) is 5.60 Å². The molecule has 0 rings (SSSR count). The highest BCUT2D eigenvalue weighted by Crippen LogP contribution is 2.07. The van der Waals surface area contributed by atoms with Gasteiger partial charge in [-0.25, -0.2) is 15.6 Å². The standard InChI is InChI=1S/C15H32N4O3/c1-7-8-9-19(16)13(20)11-18(10-12(2)3)17-14(21)22-15(4,5)6/h12H,7-11,16H2,1-6H3,(H,17,21). The highest BCUT2D eigenvalue weighted by Gasteiger charge is 2.21. The Morgan fingerprint density at radius 1 is 1.27 bits per heavy atom. The second kappa shape index (κ2) is 9.63. The Balaban J connectivity index is 4.57. The molecule has 7 nitrogen and oxygen atoms in total. The molecular weight excluding hydrogens is 284 g/mol. The number of rotatable bonds is 8. The lowest BCUT2D eigenvalue weighted by Gasteiger charge is -2.28. The van der Waals surface area contributed by atoms with Crippen molar-refractivity contribution in [2.24, 2.45) is 11.8 Å². The molecule has 0 saturated heterocycles. The molecule has 0 atom stereocenters. The number of carbonyl (C=O) groups excluding carboxylic acids is 2. The van der Waals surface area contributed by atoms with Crippen molar-refractivity contribution < 1.29 is 14.3 Å². The molecule has 0 aromatic rings. The van der Waals surface area contributed by atoms with Crippen LogP contribution in [0.15, 0.2) is 0 Å². The molecule has 7 heteroatoms. The van der Waals surface area contributed by atoms with Crippen LogP contribution in [0.25, 0.3) is 0 Å². The summed E-state index contributed by atoms with van der Waals surface area (Å²) in [5.74, 6) is 5.78. The summed E-state index contributed by atoms with van der Waals surface area (Å²) in [5.41, 5.74) is 2.03. The summed E-state index contributed by atoms with van der Waals surface area (Å²) in [6.45, 7) is 12.5. The Labute approximate surface area is 134 Å². The summed E-state index contributed by atoms with van der Waals surface area (Å²) in [6, 6.07) is 0. The van der Waals surface area contributed by atoms with Crippen molar-refractivity contribution in [2.75, 3.05) is 19.6 Å². The Kier molecular flexibility index (Phi) is 9.04. The molecule has 0 aliphatic carbocycles. The maximum Gasteiger partial charge on any atom is 0.422 e. The van der Waals surface area contributed by atoms with Gasteiger partial charge in [-0.3, -0.25) is 15.2 Å². The van der Waals surface area contributed by atoms with Gasteiger partial charge in [-0.15, -0.1) is 0 Å². The van der Waals surface area contributed by atoms with E-state index in [1.165, 1.54) is 5.01 Å². The number of carbonyl (C=O) groups is 2. The number of hydrazine groups is 2. The van der Waals surface area contributed by atoms with Crippen LogP contribution in [0, 0.1) is 5.92 Å². The number of amides is 2. The van der Waals surface area contributed by atoms with E-state index in [-0.39, 0.29) is 18.4 Å². The van der Waals surface area contributed by atoms with E-state index in [1.807, 2.05) is 20.8 Å². The molecule has 0 saturated carbocycles. The zero-order valence-corrected chi connectivity index (χ0v) is 14.8. The van der Waals surface area contributed by atoms with Gasteiger partial charge in [0, 0.05) is 13.1 Å². The number of hydrogen-bond acceptors (Lipinski definition) is 5. The zero-order chi connectivity index (χ0) is 17.3. The third-order valence-electron chi connectivity index (χ3n) is 2.63. The first-order chi connectivity index (χ1) is 10.0. The average Bonchev–Trinajstić information content (AvgIpc) is 2.32. The van der Waals surface area contributed by atoms with Crippen LogP contribution >= 0.6 is 0 Å². The van der Waals surface area contributed by atoms with Gasteiger partial charge in [0.05, 0.1) is 6.54 Å². The summed E-state index contributed by atoms with van der Waals surface area (Å²) in [6.07, 6.45) is 1.25. The molecule has 130 valence electrons. The lowest BCUT2D eigenvalue weighted by Crippen LogP contribution is -2.52. The number of nitrogens with two attached hydrogens (primary N) is 1. The van der Waals surface area contributed by atoms with E-state index in [0.29, 0.717) is 13.1 Å². The third kappa shape index (κ3) is 10.4. The van der Waals surface area contributed by atoms with Crippen LogP contribution in [-0.2, 0) is 9.53 Å². The second-order valence-electron chi connectivity index (χ2n) is 6.83. The molecule has 0 unspecified atom stereocenters. The fraction of sp³-hybridized carbons (Fsp3) is 0.867. The Hall–Kier alpha value is -1.34. The molecule has 0 bridgehead atoms. The van der Waals surface area contributed by atoms with Gasteiger partial charge in [0.25, 0.3) is 5.91 Å². The van der Waals surface area contributed by atoms with Crippen LogP contribution in [0.5, 0.6) is 0 Å². The Morgan fingerprint density at radius 3 is 2.32 bits per heavy atom. The van der Waals surface area contributed by atoms with E-state index in [2.05, 4.69) is 5.43 Å². The van der Waals surface area contributed by atoms with Gasteiger partial charge in [0.2, 0.25) is 0 Å². The first-order valence-corrected chi connectivity index (χ1v) is 7.84. The van der Waals surface area contributed by atoms with Crippen LogP contribution in [0.1, 0.15) is 54.4 Å². The topological polar surface area (TPSA) is 87.9 Å². The predicted octanol–water partition coefficient (Wildman–Crippen LogP) is 1.89. The van der Waals surface area contributed by atoms with Gasteiger partial charge in [-0.1, -0.05) is 27.2 Å². The summed E-state index contributed by atoms with van der Waals surface area (Å²) < 4.78 is 5.21. The van der Waals surface area contributed by atoms with Crippen molar-refractivity contribution in [1.82, 2.24) is 15.4 Å². The SMILES string of the molecule is CCCCN(N)C(=O)CN(CC(C)C)NC(=O)OC(C)(C)C. The van der Waals surface area contributed by atoms with E-state index < -0.39 is 11.7 Å². The molecule has 0 fully saturated rings. The summed E-state index contributed by atoms with van der Waals surface area (Å²) in [5, 5.41) is 2.75. The molecule has 0 aromatic heterocycles. The van der Waals surface area contributed by atoms with E-state index in [0.717, 1.165) is 12.8 Å². The van der Waals surface area contributed by atoms with Gasteiger partial charge in [0.15, 0.2) is 0 Å². The quantitative estimate of drug-likeness (QED) is 0.405. The fourth-order valence-electron chi connectivity index (χ4n) is 1.73. The maximum absolute atomic E-state index is 12.1. The largest absolute Gasteiger partial charge is 0.443 e. The van der Waals surface area contributed by atoms with Crippen molar-refractivity contribution in [3.8, 4) is 0 Å². The monoisotopic (exact) mass is 316 g/mol. The molecule has 2 amide bonds. The molecule has 0 spiro atoms. The minimum absolute atomic E-state index is 0.0254. The highest BCUT2D eigenvalue weighted by molar-refractivity contribution is 5.78. The lowest BCUT2D eigenvalue weighted by atomic mass is 10.2. The minimum Gasteiger partial charge on any atom is -0.443 e. The molecule has 0 aromatic carbocycles. The van der Waals surface area contributed by atoms with Crippen LogP contribution < -0.4 is 11.3 Å². The normalized spacial score (nSPS) is 11.7. The van der Waals surface area contributed by atoms with E-state index in [9.17, 15) is 9.59 Å². The van der Waals surface area contributed by atoms with E-state index in [4.69, 9.17) is 10.6 Å². The molecule has 0 aliphatic heterocycles. The molecule has 0 aliphatic rings. The maximum atomic E-state index is 12.1. The lowest BCUT2D eigenvalue weighted by molar-refractivity contribution is -0.133.